The molecular formula is C39H35F2N7O8S. The number of benzene rings is 4. The number of carboxylic acids is 1. The van der Waals surface area contributed by atoms with E-state index in [9.17, 15) is 32.7 Å². The molecular weight excluding hydrogens is 765 g/mol. The van der Waals surface area contributed by atoms with Gasteiger partial charge in [0.05, 0.1) is 32.7 Å². The zero-order chi connectivity index (χ0) is 41.0. The van der Waals surface area contributed by atoms with Gasteiger partial charge in [-0.05, 0) is 66.2 Å². The van der Waals surface area contributed by atoms with Crippen LogP contribution < -0.4 is 26.6 Å². The van der Waals surface area contributed by atoms with Crippen molar-refractivity contribution in [1.82, 2.24) is 29.7 Å². The number of anilines is 1. The van der Waals surface area contributed by atoms with Crippen LogP contribution in [0.15, 0.2) is 106 Å². The molecule has 18 heteroatoms. The zero-order valence-corrected chi connectivity index (χ0v) is 31.4. The molecule has 6 rings (SSSR count). The summed E-state index contributed by atoms with van der Waals surface area (Å²) in [5.41, 5.74) is 0.244. The minimum atomic E-state index is -4.43. The highest BCUT2D eigenvalue weighted by Crippen LogP contribution is 2.25. The number of ether oxygens (including phenoxy) is 1. The quantitative estimate of drug-likeness (QED) is 0.126. The Balaban J connectivity index is 1.15. The Morgan fingerprint density at radius 1 is 0.895 bits per heavy atom. The summed E-state index contributed by atoms with van der Waals surface area (Å²) in [6, 6.07) is 15.8. The summed E-state index contributed by atoms with van der Waals surface area (Å²) in [6.07, 6.45) is 2.77. The second-order valence-corrected chi connectivity index (χ2v) is 14.5. The highest BCUT2D eigenvalue weighted by atomic mass is 32.2. The standard InChI is InChI=1S/C39H35F2N7O8S/c1-42-18-23-6-13-34-29(14-23)37(50)48(39(53)47(34)2)26-9-4-22(5-10-26)15-33(38(51)52)45-36(49)28-16-31(41)32(17-30(28)40)46-57(54,55)27-11-7-24(8-12-27)25-19-43-35(21-56-3)44-20-25/h4-14,16-17,19-20,33,42,46H,15,18,21H2,1-3H3,(H,45,49)(H,51,52)/t33-/m0/s1. The van der Waals surface area contributed by atoms with Gasteiger partial charge in [-0.15, -0.1) is 0 Å². The molecule has 2 heterocycles. The molecule has 0 bridgehead atoms. The molecule has 0 saturated carbocycles. The molecule has 0 unspecified atom stereocenters. The number of sulfonamides is 1. The van der Waals surface area contributed by atoms with E-state index in [0.717, 1.165) is 10.1 Å². The van der Waals surface area contributed by atoms with E-state index in [2.05, 4.69) is 20.6 Å². The minimum Gasteiger partial charge on any atom is -0.480 e. The van der Waals surface area contributed by atoms with Crippen molar-refractivity contribution in [2.24, 2.45) is 7.05 Å². The third-order valence-corrected chi connectivity index (χ3v) is 10.4. The van der Waals surface area contributed by atoms with Crippen LogP contribution in [-0.2, 0) is 46.2 Å². The number of nitrogens with zero attached hydrogens (tertiary/aromatic N) is 4. The smallest absolute Gasteiger partial charge is 0.335 e. The SMILES string of the molecule is CNCc1ccc2c(c1)c(=O)n(-c1ccc(C[C@H](NC(=O)c3cc(F)c(NS(=O)(=O)c4ccc(-c5cnc(COC)nc5)cc4)cc3F)C(=O)O)cc1)c(=O)n2C. The molecule has 4 aromatic carbocycles. The molecule has 0 radical (unpaired) electrons. The summed E-state index contributed by atoms with van der Waals surface area (Å²) in [4.78, 5) is 59.9. The minimum absolute atomic E-state index is 0.214. The lowest BCUT2D eigenvalue weighted by Gasteiger charge is -2.16. The second-order valence-electron chi connectivity index (χ2n) is 12.9. The van der Waals surface area contributed by atoms with Crippen molar-refractivity contribution in [2.75, 3.05) is 18.9 Å². The number of rotatable bonds is 14. The maximum Gasteiger partial charge on any atom is 0.335 e. The van der Waals surface area contributed by atoms with Gasteiger partial charge in [0.15, 0.2) is 5.82 Å². The van der Waals surface area contributed by atoms with Gasteiger partial charge in [-0.1, -0.05) is 30.3 Å². The Hall–Kier alpha value is -6.63. The van der Waals surface area contributed by atoms with Crippen LogP contribution in [-0.4, -0.2) is 64.7 Å². The molecule has 0 saturated heterocycles. The first-order chi connectivity index (χ1) is 27.2. The molecule has 2 aromatic heterocycles. The summed E-state index contributed by atoms with van der Waals surface area (Å²) in [5, 5.41) is 15.4. The number of nitrogens with one attached hydrogen (secondary N) is 3. The van der Waals surface area contributed by atoms with E-state index in [1.165, 1.54) is 79.6 Å². The third-order valence-electron chi connectivity index (χ3n) is 8.98. The molecule has 0 aliphatic rings. The van der Waals surface area contributed by atoms with Crippen molar-refractivity contribution in [2.45, 2.75) is 30.5 Å². The highest BCUT2D eigenvalue weighted by Gasteiger charge is 2.26. The van der Waals surface area contributed by atoms with Gasteiger partial charge in [-0.25, -0.2) is 41.3 Å². The average Bonchev–Trinajstić information content (AvgIpc) is 3.19. The fraction of sp³-hybridized carbons (Fsp3) is 0.179. The van der Waals surface area contributed by atoms with E-state index < -0.39 is 62.1 Å². The van der Waals surface area contributed by atoms with Crippen molar-refractivity contribution in [3.05, 3.63) is 146 Å². The number of hydrogen-bond donors (Lipinski definition) is 4. The van der Waals surface area contributed by atoms with Crippen LogP contribution in [0, 0.1) is 11.6 Å². The topological polar surface area (TPSA) is 204 Å². The van der Waals surface area contributed by atoms with Gasteiger partial charge in [0, 0.05) is 51.1 Å². The van der Waals surface area contributed by atoms with E-state index in [-0.39, 0.29) is 23.6 Å². The highest BCUT2D eigenvalue weighted by molar-refractivity contribution is 7.92. The molecule has 57 heavy (non-hydrogen) atoms. The number of carboxylic acid groups (broad SMARTS) is 1. The molecule has 1 amide bonds. The number of methoxy groups -OCH3 is 1. The predicted molar refractivity (Wildman–Crippen MR) is 205 cm³/mol. The van der Waals surface area contributed by atoms with Gasteiger partial charge >= 0.3 is 11.7 Å². The summed E-state index contributed by atoms with van der Waals surface area (Å²) < 4.78 is 65.8. The van der Waals surface area contributed by atoms with Crippen LogP contribution in [0.4, 0.5) is 14.5 Å². The first-order valence-corrected chi connectivity index (χ1v) is 18.6. The monoisotopic (exact) mass is 799 g/mol. The molecule has 15 nitrogen and oxygen atoms in total. The van der Waals surface area contributed by atoms with Crippen molar-refractivity contribution >= 4 is 38.5 Å². The van der Waals surface area contributed by atoms with Gasteiger partial charge < -0.3 is 20.5 Å². The fourth-order valence-corrected chi connectivity index (χ4v) is 7.10. The lowest BCUT2D eigenvalue weighted by molar-refractivity contribution is -0.139. The van der Waals surface area contributed by atoms with E-state index in [0.29, 0.717) is 52.1 Å². The van der Waals surface area contributed by atoms with E-state index >= 15 is 8.78 Å². The third kappa shape index (κ3) is 8.62. The van der Waals surface area contributed by atoms with Crippen LogP contribution in [0.2, 0.25) is 0 Å². The Kier molecular flexibility index (Phi) is 11.7. The van der Waals surface area contributed by atoms with Crippen LogP contribution in [0.25, 0.3) is 27.7 Å². The van der Waals surface area contributed by atoms with E-state index in [4.69, 9.17) is 4.74 Å². The number of aliphatic carboxylic acids is 1. The van der Waals surface area contributed by atoms with Crippen LogP contribution in [0.3, 0.4) is 0 Å². The number of carbonyl (C=O) groups is 2. The van der Waals surface area contributed by atoms with Gasteiger partial charge in [0.1, 0.15) is 24.3 Å². The molecule has 0 aliphatic carbocycles. The van der Waals surface area contributed by atoms with Gasteiger partial charge in [-0.2, -0.15) is 0 Å². The summed E-state index contributed by atoms with van der Waals surface area (Å²) in [7, 11) is 0.378. The molecule has 0 fully saturated rings. The number of carbonyl (C=O) groups excluding carboxylic acids is 1. The fourth-order valence-electron chi connectivity index (χ4n) is 6.04. The molecule has 4 N–H and O–H groups in total. The number of hydrogen-bond acceptors (Lipinski definition) is 10. The summed E-state index contributed by atoms with van der Waals surface area (Å²) in [6.45, 7) is 0.719. The average molecular weight is 800 g/mol. The van der Waals surface area contributed by atoms with Crippen LogP contribution in [0.5, 0.6) is 0 Å². The molecule has 294 valence electrons. The van der Waals surface area contributed by atoms with E-state index in [1.807, 2.05) is 10.8 Å². The summed E-state index contributed by atoms with van der Waals surface area (Å²) >= 11 is 0. The maximum absolute atomic E-state index is 15.2. The van der Waals surface area contributed by atoms with Crippen LogP contribution >= 0.6 is 0 Å². The predicted octanol–water partition coefficient (Wildman–Crippen LogP) is 3.52. The first-order valence-electron chi connectivity index (χ1n) is 17.1. The molecule has 1 atom stereocenters. The van der Waals surface area contributed by atoms with Crippen molar-refractivity contribution in [3.8, 4) is 16.8 Å². The Morgan fingerprint density at radius 2 is 1.56 bits per heavy atom. The van der Waals surface area contributed by atoms with Gasteiger partial charge in [0.2, 0.25) is 0 Å². The molecule has 0 spiro atoms. The van der Waals surface area contributed by atoms with Gasteiger partial charge in [0.25, 0.3) is 21.5 Å². The first kappa shape index (κ1) is 40.0. The largest absolute Gasteiger partial charge is 0.480 e. The number of aromatic nitrogens is 4. The lowest BCUT2D eigenvalue weighted by Crippen LogP contribution is -2.42. The number of fused-ring (bicyclic) bond motifs is 1. The molecule has 0 aliphatic heterocycles. The van der Waals surface area contributed by atoms with Crippen molar-refractivity contribution in [1.29, 1.82) is 0 Å². The Bertz CT molecular complexity index is 2720. The number of aryl methyl sites for hydroxylation is 1. The van der Waals surface area contributed by atoms with E-state index in [1.54, 1.807) is 19.2 Å². The van der Waals surface area contributed by atoms with Crippen molar-refractivity contribution in [3.63, 3.8) is 0 Å². The van der Waals surface area contributed by atoms with Crippen LogP contribution in [0.1, 0.15) is 27.3 Å². The second kappa shape index (κ2) is 16.6. The Morgan fingerprint density at radius 3 is 2.19 bits per heavy atom. The maximum atomic E-state index is 15.2. The number of halogens is 2. The van der Waals surface area contributed by atoms with Gasteiger partial charge in [-0.3, -0.25) is 18.9 Å². The molecule has 6 aromatic rings. The number of amides is 1. The zero-order valence-electron chi connectivity index (χ0n) is 30.6. The lowest BCUT2D eigenvalue weighted by atomic mass is 10.0. The summed E-state index contributed by atoms with van der Waals surface area (Å²) in [5.74, 6) is -4.93. The van der Waals surface area contributed by atoms with Crippen molar-refractivity contribution < 1.29 is 36.6 Å². The normalized spacial score (nSPS) is 12.0. The Labute approximate surface area is 323 Å².